The normalized spacial score (nSPS) is 11.6. The van der Waals surface area contributed by atoms with Gasteiger partial charge in [-0.3, -0.25) is 14.4 Å². The van der Waals surface area contributed by atoms with Gasteiger partial charge in [0.05, 0.1) is 12.7 Å². The summed E-state index contributed by atoms with van der Waals surface area (Å²) in [4.78, 5) is 35.2. The lowest BCUT2D eigenvalue weighted by molar-refractivity contribution is -0.139. The average Bonchev–Trinajstić information content (AvgIpc) is 2.35. The Morgan fingerprint density at radius 3 is 2.76 bits per heavy atom. The molecule has 0 aliphatic carbocycles. The molecule has 1 amide bonds. The summed E-state index contributed by atoms with van der Waals surface area (Å²) in [6, 6.07) is 2.65. The van der Waals surface area contributed by atoms with Crippen LogP contribution in [0, 0.1) is 0 Å². The molecule has 6 nitrogen and oxygen atoms in total. The Bertz CT molecular complexity index is 451. The fourth-order valence-electron chi connectivity index (χ4n) is 1.05. The van der Waals surface area contributed by atoms with E-state index in [4.69, 9.17) is 0 Å². The van der Waals surface area contributed by atoms with E-state index in [1.165, 1.54) is 25.4 Å². The van der Waals surface area contributed by atoms with Crippen LogP contribution in [0.15, 0.2) is 23.1 Å². The number of aromatic nitrogens is 1. The molecule has 1 rings (SSSR count). The quantitative estimate of drug-likeness (QED) is 0.607. The highest BCUT2D eigenvalue weighted by molar-refractivity contribution is 9.10. The lowest BCUT2D eigenvalue weighted by Crippen LogP contribution is -2.34. The number of methoxy groups -OCH3 is 1. The molecule has 0 radical (unpaired) electrons. The molecule has 0 aliphatic heterocycles. The van der Waals surface area contributed by atoms with Crippen molar-refractivity contribution in [2.75, 3.05) is 13.7 Å². The van der Waals surface area contributed by atoms with Gasteiger partial charge in [0, 0.05) is 18.8 Å². The maximum atomic E-state index is 11.6. The number of carbonyl (C=O) groups excluding carboxylic acids is 2. The summed E-state index contributed by atoms with van der Waals surface area (Å²) in [7, 11) is 1.26. The number of pyridine rings is 1. The van der Waals surface area contributed by atoms with E-state index < -0.39 is 10.8 Å². The Hall–Kier alpha value is -1.63. The number of nitrogens with one attached hydrogen (secondary N) is 2. The van der Waals surface area contributed by atoms with Crippen LogP contribution < -0.4 is 10.9 Å². The van der Waals surface area contributed by atoms with Gasteiger partial charge in [-0.2, -0.15) is 0 Å². The summed E-state index contributed by atoms with van der Waals surface area (Å²) in [6.45, 7) is 0.102. The van der Waals surface area contributed by atoms with Crippen molar-refractivity contribution in [1.82, 2.24) is 10.3 Å². The van der Waals surface area contributed by atoms with E-state index in [-0.39, 0.29) is 18.0 Å². The highest BCUT2D eigenvalue weighted by Gasteiger charge is 2.16. The zero-order valence-electron chi connectivity index (χ0n) is 9.03. The number of H-pyrrole nitrogens is 1. The number of halogens is 1. The number of aromatic amines is 1. The summed E-state index contributed by atoms with van der Waals surface area (Å²) in [5.41, 5.74) is 0.0312. The molecule has 2 N–H and O–H groups in total. The third-order valence-electron chi connectivity index (χ3n) is 1.95. The predicted octanol–water partition coefficient (Wildman–Crippen LogP) is 0.0412. The monoisotopic (exact) mass is 302 g/mol. The van der Waals surface area contributed by atoms with Crippen molar-refractivity contribution in [3.8, 4) is 0 Å². The Labute approximate surface area is 105 Å². The Morgan fingerprint density at radius 2 is 2.24 bits per heavy atom. The number of ether oxygens (including phenoxy) is 1. The molecule has 1 heterocycles. The number of hydrogen-bond acceptors (Lipinski definition) is 4. The van der Waals surface area contributed by atoms with Crippen LogP contribution in [-0.4, -0.2) is 35.3 Å². The standard InChI is InChI=1S/C10H11BrN2O4/c1-17-10(16)7(11)5-13-9(15)6-2-3-8(14)12-4-6/h2-4,7H,5H2,1H3,(H,12,14)(H,13,15). The molecule has 0 saturated carbocycles. The van der Waals surface area contributed by atoms with Crippen molar-refractivity contribution in [1.29, 1.82) is 0 Å². The fourth-order valence-corrected chi connectivity index (χ4v) is 1.40. The van der Waals surface area contributed by atoms with Gasteiger partial charge in [0.25, 0.3) is 5.91 Å². The minimum Gasteiger partial charge on any atom is -0.468 e. The van der Waals surface area contributed by atoms with E-state index in [1.807, 2.05) is 0 Å². The molecule has 0 spiro atoms. The maximum Gasteiger partial charge on any atom is 0.321 e. The third kappa shape index (κ3) is 4.03. The molecule has 92 valence electrons. The zero-order chi connectivity index (χ0) is 12.8. The van der Waals surface area contributed by atoms with Crippen LogP contribution in [0.25, 0.3) is 0 Å². The van der Waals surface area contributed by atoms with Gasteiger partial charge in [0.15, 0.2) is 0 Å². The van der Waals surface area contributed by atoms with E-state index in [0.717, 1.165) is 0 Å². The first-order valence-electron chi connectivity index (χ1n) is 4.73. The van der Waals surface area contributed by atoms with Gasteiger partial charge in [-0.05, 0) is 6.07 Å². The van der Waals surface area contributed by atoms with Gasteiger partial charge < -0.3 is 15.0 Å². The largest absolute Gasteiger partial charge is 0.468 e. The van der Waals surface area contributed by atoms with Crippen molar-refractivity contribution < 1.29 is 14.3 Å². The van der Waals surface area contributed by atoms with Gasteiger partial charge in [0.2, 0.25) is 5.56 Å². The average molecular weight is 303 g/mol. The van der Waals surface area contributed by atoms with Crippen LogP contribution in [0.5, 0.6) is 0 Å². The van der Waals surface area contributed by atoms with Gasteiger partial charge in [-0.1, -0.05) is 15.9 Å². The second-order valence-electron chi connectivity index (χ2n) is 3.14. The van der Waals surface area contributed by atoms with E-state index in [9.17, 15) is 14.4 Å². The zero-order valence-corrected chi connectivity index (χ0v) is 10.6. The number of alkyl halides is 1. The summed E-state index contributed by atoms with van der Waals surface area (Å²) < 4.78 is 4.48. The summed E-state index contributed by atoms with van der Waals surface area (Å²) in [6.07, 6.45) is 1.30. The maximum absolute atomic E-state index is 11.6. The van der Waals surface area contributed by atoms with Gasteiger partial charge >= 0.3 is 5.97 Å². The first-order valence-corrected chi connectivity index (χ1v) is 5.65. The summed E-state index contributed by atoms with van der Waals surface area (Å²) >= 11 is 3.07. The molecule has 0 fully saturated rings. The van der Waals surface area contributed by atoms with E-state index in [2.05, 4.69) is 31.0 Å². The van der Waals surface area contributed by atoms with Gasteiger partial charge in [0.1, 0.15) is 4.83 Å². The minimum atomic E-state index is -0.598. The molecule has 0 saturated heterocycles. The van der Waals surface area contributed by atoms with Gasteiger partial charge in [-0.15, -0.1) is 0 Å². The van der Waals surface area contributed by atoms with Gasteiger partial charge in [-0.25, -0.2) is 0 Å². The van der Waals surface area contributed by atoms with Crippen molar-refractivity contribution >= 4 is 27.8 Å². The highest BCUT2D eigenvalue weighted by Crippen LogP contribution is 2.01. The number of rotatable bonds is 4. The first-order chi connectivity index (χ1) is 8.04. The lowest BCUT2D eigenvalue weighted by Gasteiger charge is -2.08. The predicted molar refractivity (Wildman–Crippen MR) is 64.1 cm³/mol. The van der Waals surface area contributed by atoms with Crippen molar-refractivity contribution in [2.24, 2.45) is 0 Å². The molecule has 1 atom stereocenters. The van der Waals surface area contributed by atoms with Crippen molar-refractivity contribution in [3.05, 3.63) is 34.2 Å². The number of carbonyl (C=O) groups is 2. The van der Waals surface area contributed by atoms with Crippen LogP contribution in [0.4, 0.5) is 0 Å². The summed E-state index contributed by atoms with van der Waals surface area (Å²) in [5, 5.41) is 2.52. The lowest BCUT2D eigenvalue weighted by atomic mass is 10.2. The van der Waals surface area contributed by atoms with Crippen LogP contribution in [-0.2, 0) is 9.53 Å². The molecule has 17 heavy (non-hydrogen) atoms. The second kappa shape index (κ2) is 6.19. The second-order valence-corrected chi connectivity index (χ2v) is 4.25. The smallest absolute Gasteiger partial charge is 0.321 e. The molecular weight excluding hydrogens is 292 g/mol. The van der Waals surface area contributed by atoms with Crippen molar-refractivity contribution in [2.45, 2.75) is 4.83 Å². The van der Waals surface area contributed by atoms with E-state index in [0.29, 0.717) is 5.56 Å². The molecule has 1 aromatic rings. The van der Waals surface area contributed by atoms with Crippen LogP contribution in [0.2, 0.25) is 0 Å². The summed E-state index contributed by atoms with van der Waals surface area (Å²) in [5.74, 6) is -0.846. The molecule has 1 unspecified atom stereocenters. The molecular formula is C10H11BrN2O4. The number of amides is 1. The first kappa shape index (κ1) is 13.4. The Morgan fingerprint density at radius 1 is 1.53 bits per heavy atom. The van der Waals surface area contributed by atoms with Crippen molar-refractivity contribution in [3.63, 3.8) is 0 Å². The fraction of sp³-hybridized carbons (Fsp3) is 0.300. The van der Waals surface area contributed by atoms with E-state index in [1.54, 1.807) is 0 Å². The number of hydrogen-bond donors (Lipinski definition) is 2. The van der Waals surface area contributed by atoms with E-state index >= 15 is 0 Å². The molecule has 0 aliphatic rings. The minimum absolute atomic E-state index is 0.102. The van der Waals surface area contributed by atoms with Crippen LogP contribution in [0.1, 0.15) is 10.4 Å². The topological polar surface area (TPSA) is 88.3 Å². The van der Waals surface area contributed by atoms with Crippen LogP contribution in [0.3, 0.4) is 0 Å². The molecule has 0 aromatic carbocycles. The Kier molecular flexibility index (Phi) is 4.89. The molecule has 0 bridgehead atoms. The third-order valence-corrected chi connectivity index (χ3v) is 2.64. The van der Waals surface area contributed by atoms with Crippen LogP contribution >= 0.6 is 15.9 Å². The molecule has 7 heteroatoms. The number of esters is 1. The highest BCUT2D eigenvalue weighted by atomic mass is 79.9. The Balaban J connectivity index is 2.53. The SMILES string of the molecule is COC(=O)C(Br)CNC(=O)c1ccc(=O)[nH]c1. The molecule has 1 aromatic heterocycles.